The predicted molar refractivity (Wildman–Crippen MR) is 36.5 cm³/mol. The van der Waals surface area contributed by atoms with E-state index in [1.165, 1.54) is 0 Å². The van der Waals surface area contributed by atoms with Crippen molar-refractivity contribution in [2.45, 2.75) is 13.3 Å². The van der Waals surface area contributed by atoms with Crippen LogP contribution in [0.25, 0.3) is 0 Å². The van der Waals surface area contributed by atoms with E-state index in [0.29, 0.717) is 6.42 Å². The second-order valence-electron chi connectivity index (χ2n) is 1.55. The summed E-state index contributed by atoms with van der Waals surface area (Å²) < 4.78 is 0. The van der Waals surface area contributed by atoms with E-state index in [2.05, 4.69) is 10.8 Å². The molecule has 0 bridgehead atoms. The predicted octanol–water partition coefficient (Wildman–Crippen LogP) is -0.380. The zero-order valence-electron chi connectivity index (χ0n) is 5.63. The first kappa shape index (κ1) is 8.61. The summed E-state index contributed by atoms with van der Waals surface area (Å²) in [4.78, 5) is 20.4. The van der Waals surface area contributed by atoms with E-state index >= 15 is 0 Å². The van der Waals surface area contributed by atoms with Gasteiger partial charge in [0.15, 0.2) is 5.78 Å². The number of amides is 2. The largest absolute Gasteiger partial charge is 0.350 e. The summed E-state index contributed by atoms with van der Waals surface area (Å²) in [5.74, 6) is -0.159. The topological polar surface area (TPSA) is 84.6 Å². The molecule has 0 aliphatic rings. The minimum absolute atomic E-state index is 0.159. The first-order valence-electron chi connectivity index (χ1n) is 2.78. The molecule has 3 N–H and O–H groups in total. The molecule has 0 aromatic heterocycles. The fraction of sp³-hybridized carbons (Fsp3) is 0.400. The fourth-order valence-corrected chi connectivity index (χ4v) is 0.259. The van der Waals surface area contributed by atoms with Crippen LogP contribution in [0.5, 0.6) is 0 Å². The van der Waals surface area contributed by atoms with Crippen LogP contribution in [0, 0.1) is 0 Å². The summed E-state index contributed by atoms with van der Waals surface area (Å²) in [6.45, 7) is 1.69. The number of nitrogens with two attached hydrogens (primary N) is 1. The van der Waals surface area contributed by atoms with Crippen LogP contribution in [0.2, 0.25) is 0 Å². The summed E-state index contributed by atoms with van der Waals surface area (Å²) in [7, 11) is 0. The number of primary amides is 1. The maximum Gasteiger partial charge on any atom is 0.332 e. The van der Waals surface area contributed by atoms with Crippen molar-refractivity contribution in [1.82, 2.24) is 5.43 Å². The lowest BCUT2D eigenvalue weighted by atomic mass is 10.3. The monoisotopic (exact) mass is 143 g/mol. The summed E-state index contributed by atoms with van der Waals surface area (Å²) in [5.41, 5.74) is 6.54. The van der Waals surface area contributed by atoms with Crippen molar-refractivity contribution in [2.75, 3.05) is 0 Å². The van der Waals surface area contributed by atoms with E-state index < -0.39 is 6.03 Å². The fourth-order valence-electron chi connectivity index (χ4n) is 0.259. The van der Waals surface area contributed by atoms with Crippen LogP contribution < -0.4 is 11.2 Å². The van der Waals surface area contributed by atoms with E-state index in [-0.39, 0.29) is 5.78 Å². The molecule has 2 amide bonds. The molecule has 5 heteroatoms. The third kappa shape index (κ3) is 4.76. The van der Waals surface area contributed by atoms with Crippen LogP contribution in [0.4, 0.5) is 4.79 Å². The molecule has 0 rings (SSSR count). The molecule has 0 unspecified atom stereocenters. The highest BCUT2D eigenvalue weighted by molar-refractivity contribution is 6.27. The van der Waals surface area contributed by atoms with Crippen LogP contribution in [-0.2, 0) is 4.79 Å². The number of carbonyl (C=O) groups excluding carboxylic acids is 2. The van der Waals surface area contributed by atoms with Gasteiger partial charge in [0.2, 0.25) is 0 Å². The molecule has 0 aliphatic heterocycles. The number of rotatable bonds is 3. The standard InChI is InChI=1S/C5H9N3O2/c1-2-4(9)3-7-8-5(6)10/h3H,2H2,1H3,(H3,6,8,10)/b7-3+. The second kappa shape index (κ2) is 4.49. The average molecular weight is 143 g/mol. The Balaban J connectivity index is 3.56. The molecular weight excluding hydrogens is 134 g/mol. The van der Waals surface area contributed by atoms with Crippen molar-refractivity contribution >= 4 is 18.0 Å². The number of carbonyl (C=O) groups is 2. The van der Waals surface area contributed by atoms with Gasteiger partial charge in [0.05, 0.1) is 6.21 Å². The first-order chi connectivity index (χ1) is 4.66. The third-order valence-corrected chi connectivity index (χ3v) is 0.732. The van der Waals surface area contributed by atoms with E-state index in [1.54, 1.807) is 6.92 Å². The highest BCUT2D eigenvalue weighted by Crippen LogP contribution is 1.73. The lowest BCUT2D eigenvalue weighted by Gasteiger charge is -1.88. The summed E-state index contributed by atoms with van der Waals surface area (Å²) in [6.07, 6.45) is 1.38. The van der Waals surface area contributed by atoms with Gasteiger partial charge in [-0.3, -0.25) is 4.79 Å². The van der Waals surface area contributed by atoms with Crippen molar-refractivity contribution in [3.8, 4) is 0 Å². The van der Waals surface area contributed by atoms with Crippen molar-refractivity contribution < 1.29 is 9.59 Å². The Morgan fingerprint density at radius 3 is 2.70 bits per heavy atom. The molecule has 0 aromatic carbocycles. The maximum atomic E-state index is 10.5. The van der Waals surface area contributed by atoms with Crippen LogP contribution in [-0.4, -0.2) is 18.0 Å². The molecular formula is C5H9N3O2. The quantitative estimate of drug-likeness (QED) is 0.417. The molecule has 0 saturated carbocycles. The van der Waals surface area contributed by atoms with Crippen LogP contribution >= 0.6 is 0 Å². The molecule has 5 nitrogen and oxygen atoms in total. The second-order valence-corrected chi connectivity index (χ2v) is 1.55. The Bertz CT molecular complexity index is 164. The summed E-state index contributed by atoms with van der Waals surface area (Å²) in [5, 5.41) is 3.24. The molecule has 0 atom stereocenters. The van der Waals surface area contributed by atoms with Crippen LogP contribution in [0.1, 0.15) is 13.3 Å². The molecule has 0 aromatic rings. The number of nitrogens with one attached hydrogen (secondary N) is 1. The van der Waals surface area contributed by atoms with Gasteiger partial charge < -0.3 is 5.73 Å². The lowest BCUT2D eigenvalue weighted by molar-refractivity contribution is -0.112. The molecule has 0 saturated heterocycles. The normalized spacial score (nSPS) is 9.70. The van der Waals surface area contributed by atoms with E-state index in [9.17, 15) is 9.59 Å². The van der Waals surface area contributed by atoms with Crippen LogP contribution in [0.3, 0.4) is 0 Å². The Hall–Kier alpha value is -1.39. The Kier molecular flexibility index (Phi) is 3.86. The average Bonchev–Trinajstić information content (AvgIpc) is 1.87. The van der Waals surface area contributed by atoms with Gasteiger partial charge in [-0.2, -0.15) is 5.10 Å². The van der Waals surface area contributed by atoms with Crippen molar-refractivity contribution in [3.63, 3.8) is 0 Å². The smallest absolute Gasteiger partial charge is 0.332 e. The van der Waals surface area contributed by atoms with Crippen molar-refractivity contribution in [2.24, 2.45) is 10.8 Å². The minimum atomic E-state index is -0.778. The molecule has 10 heavy (non-hydrogen) atoms. The molecule has 0 radical (unpaired) electrons. The Labute approximate surface area is 58.3 Å². The maximum absolute atomic E-state index is 10.5. The van der Waals surface area contributed by atoms with E-state index in [4.69, 9.17) is 0 Å². The van der Waals surface area contributed by atoms with Gasteiger partial charge in [-0.25, -0.2) is 10.2 Å². The number of hydrogen-bond donors (Lipinski definition) is 2. The van der Waals surface area contributed by atoms with Crippen LogP contribution in [0.15, 0.2) is 5.10 Å². The van der Waals surface area contributed by atoms with Gasteiger partial charge >= 0.3 is 6.03 Å². The molecule has 0 fully saturated rings. The highest BCUT2D eigenvalue weighted by Gasteiger charge is 1.90. The third-order valence-electron chi connectivity index (χ3n) is 0.732. The number of urea groups is 1. The number of ketones is 1. The number of Topliss-reactive ketones (excluding diaryl/α,β-unsaturated/α-hetero) is 1. The highest BCUT2D eigenvalue weighted by atomic mass is 16.2. The zero-order valence-corrected chi connectivity index (χ0v) is 5.63. The molecule has 0 heterocycles. The summed E-state index contributed by atoms with van der Waals surface area (Å²) in [6, 6.07) is -0.778. The van der Waals surface area contributed by atoms with Gasteiger partial charge in [-0.05, 0) is 0 Å². The minimum Gasteiger partial charge on any atom is -0.350 e. The van der Waals surface area contributed by atoms with E-state index in [0.717, 1.165) is 6.21 Å². The summed E-state index contributed by atoms with van der Waals surface area (Å²) >= 11 is 0. The van der Waals surface area contributed by atoms with Gasteiger partial charge in [0, 0.05) is 6.42 Å². The number of hydrogen-bond acceptors (Lipinski definition) is 3. The zero-order chi connectivity index (χ0) is 7.98. The number of hydrazone groups is 1. The Morgan fingerprint density at radius 2 is 2.30 bits per heavy atom. The lowest BCUT2D eigenvalue weighted by Crippen LogP contribution is -2.24. The van der Waals surface area contributed by atoms with Crippen molar-refractivity contribution in [3.05, 3.63) is 0 Å². The van der Waals surface area contributed by atoms with Gasteiger partial charge in [-0.1, -0.05) is 6.92 Å². The first-order valence-corrected chi connectivity index (χ1v) is 2.78. The Morgan fingerprint density at radius 1 is 1.70 bits per heavy atom. The van der Waals surface area contributed by atoms with Gasteiger partial charge in [0.25, 0.3) is 0 Å². The molecule has 56 valence electrons. The SMILES string of the molecule is CCC(=O)/C=N/NC(N)=O. The van der Waals surface area contributed by atoms with Gasteiger partial charge in [0.1, 0.15) is 0 Å². The van der Waals surface area contributed by atoms with Crippen molar-refractivity contribution in [1.29, 1.82) is 0 Å². The molecule has 0 spiro atoms. The van der Waals surface area contributed by atoms with Gasteiger partial charge in [-0.15, -0.1) is 0 Å². The number of nitrogens with zero attached hydrogens (tertiary/aromatic N) is 1. The van der Waals surface area contributed by atoms with E-state index in [1.807, 2.05) is 5.43 Å². The molecule has 0 aliphatic carbocycles.